The van der Waals surface area contributed by atoms with Gasteiger partial charge in [0, 0.05) is 6.42 Å². The molecule has 6 heteroatoms. The van der Waals surface area contributed by atoms with Crippen LogP contribution in [0.1, 0.15) is 48.0 Å². The molecule has 0 spiro atoms. The lowest BCUT2D eigenvalue weighted by molar-refractivity contribution is -0.146. The van der Waals surface area contributed by atoms with E-state index in [-0.39, 0.29) is 13.0 Å². The van der Waals surface area contributed by atoms with E-state index < -0.39 is 29.4 Å². The highest BCUT2D eigenvalue weighted by Crippen LogP contribution is 2.17. The molecular weight excluding hydrogens is 253 g/mol. The summed E-state index contributed by atoms with van der Waals surface area (Å²) in [4.78, 5) is 23.3. The molecule has 19 heavy (non-hydrogen) atoms. The van der Waals surface area contributed by atoms with Gasteiger partial charge < -0.3 is 14.8 Å². The Kier molecular flexibility index (Phi) is 6.25. The van der Waals surface area contributed by atoms with Gasteiger partial charge in [-0.05, 0) is 41.5 Å². The Labute approximate surface area is 113 Å². The molecular formula is C13H24FNO4. The standard InChI is InChI=1S/C13H24FNO4/c1-7-18-10(16)9(8-13(5,6)14)15-11(17)19-12(2,3)4/h9H,7-8H2,1-6H3,(H,15,17). The average Bonchev–Trinajstić information content (AvgIpc) is 2.11. The second kappa shape index (κ2) is 6.73. The number of carbonyl (C=O) groups is 2. The van der Waals surface area contributed by atoms with E-state index in [1.54, 1.807) is 27.7 Å². The van der Waals surface area contributed by atoms with Gasteiger partial charge in [0.2, 0.25) is 0 Å². The summed E-state index contributed by atoms with van der Waals surface area (Å²) < 4.78 is 23.5. The van der Waals surface area contributed by atoms with E-state index in [9.17, 15) is 14.0 Å². The van der Waals surface area contributed by atoms with Crippen molar-refractivity contribution in [1.29, 1.82) is 0 Å². The van der Waals surface area contributed by atoms with Crippen molar-refractivity contribution in [3.63, 3.8) is 0 Å². The minimum Gasteiger partial charge on any atom is -0.464 e. The predicted molar refractivity (Wildman–Crippen MR) is 69.6 cm³/mol. The van der Waals surface area contributed by atoms with E-state index in [0.29, 0.717) is 0 Å². The topological polar surface area (TPSA) is 64.6 Å². The second-order valence-electron chi connectivity index (χ2n) is 5.87. The Morgan fingerprint density at radius 2 is 1.74 bits per heavy atom. The first-order chi connectivity index (χ1) is 8.44. The fourth-order valence-corrected chi connectivity index (χ4v) is 1.37. The SMILES string of the molecule is CCOC(=O)C(CC(C)(C)F)NC(=O)OC(C)(C)C. The highest BCUT2D eigenvalue weighted by molar-refractivity contribution is 5.81. The van der Waals surface area contributed by atoms with Gasteiger partial charge in [-0.3, -0.25) is 0 Å². The molecule has 0 fully saturated rings. The van der Waals surface area contributed by atoms with Crippen LogP contribution in [0, 0.1) is 0 Å². The van der Waals surface area contributed by atoms with Crippen LogP contribution in [-0.2, 0) is 14.3 Å². The summed E-state index contributed by atoms with van der Waals surface area (Å²) in [5.41, 5.74) is -2.29. The highest BCUT2D eigenvalue weighted by Gasteiger charge is 2.31. The summed E-state index contributed by atoms with van der Waals surface area (Å²) >= 11 is 0. The molecule has 0 aromatic heterocycles. The van der Waals surface area contributed by atoms with Crippen molar-refractivity contribution in [3.05, 3.63) is 0 Å². The number of hydrogen-bond acceptors (Lipinski definition) is 4. The lowest BCUT2D eigenvalue weighted by atomic mass is 10.0. The molecule has 0 bridgehead atoms. The molecule has 0 aliphatic heterocycles. The predicted octanol–water partition coefficient (Wildman–Crippen LogP) is 2.58. The van der Waals surface area contributed by atoms with E-state index in [0.717, 1.165) is 0 Å². The first kappa shape index (κ1) is 17.7. The van der Waals surface area contributed by atoms with Gasteiger partial charge in [-0.15, -0.1) is 0 Å². The summed E-state index contributed by atoms with van der Waals surface area (Å²) in [5.74, 6) is -0.668. The Balaban J connectivity index is 4.67. The number of hydrogen-bond donors (Lipinski definition) is 1. The molecule has 0 saturated carbocycles. The quantitative estimate of drug-likeness (QED) is 0.784. The second-order valence-corrected chi connectivity index (χ2v) is 5.87. The van der Waals surface area contributed by atoms with Crippen LogP contribution in [0.2, 0.25) is 0 Å². The van der Waals surface area contributed by atoms with E-state index in [2.05, 4.69) is 5.32 Å². The lowest BCUT2D eigenvalue weighted by Gasteiger charge is -2.25. The molecule has 0 aliphatic carbocycles. The molecule has 0 aromatic rings. The minimum absolute atomic E-state index is 0.165. The van der Waals surface area contributed by atoms with Gasteiger partial charge in [0.05, 0.1) is 6.61 Å². The van der Waals surface area contributed by atoms with Gasteiger partial charge in [-0.2, -0.15) is 0 Å². The third kappa shape index (κ3) is 9.27. The van der Waals surface area contributed by atoms with Gasteiger partial charge in [0.25, 0.3) is 0 Å². The molecule has 112 valence electrons. The number of esters is 1. The lowest BCUT2D eigenvalue weighted by Crippen LogP contribution is -2.46. The highest BCUT2D eigenvalue weighted by atomic mass is 19.1. The van der Waals surface area contributed by atoms with Gasteiger partial charge in [-0.1, -0.05) is 0 Å². The molecule has 1 unspecified atom stereocenters. The molecule has 0 aliphatic rings. The van der Waals surface area contributed by atoms with Crippen LogP contribution in [-0.4, -0.2) is 36.0 Å². The average molecular weight is 277 g/mol. The van der Waals surface area contributed by atoms with Crippen molar-refractivity contribution in [2.24, 2.45) is 0 Å². The number of ether oxygens (including phenoxy) is 2. The third-order valence-electron chi connectivity index (χ3n) is 1.95. The van der Waals surface area contributed by atoms with Crippen LogP contribution in [0.15, 0.2) is 0 Å². The zero-order valence-corrected chi connectivity index (χ0v) is 12.5. The Bertz CT molecular complexity index is 318. The summed E-state index contributed by atoms with van der Waals surface area (Å²) in [6.07, 6.45) is -0.944. The number of alkyl halides is 1. The molecule has 0 radical (unpaired) electrons. The first-order valence-corrected chi connectivity index (χ1v) is 6.29. The largest absolute Gasteiger partial charge is 0.464 e. The van der Waals surface area contributed by atoms with E-state index in [4.69, 9.17) is 9.47 Å². The van der Waals surface area contributed by atoms with Crippen molar-refractivity contribution in [2.75, 3.05) is 6.61 Å². The van der Waals surface area contributed by atoms with Crippen molar-refractivity contribution < 1.29 is 23.5 Å². The molecule has 0 saturated heterocycles. The Morgan fingerprint density at radius 3 is 2.11 bits per heavy atom. The molecule has 0 aromatic carbocycles. The first-order valence-electron chi connectivity index (χ1n) is 6.29. The zero-order valence-electron chi connectivity index (χ0n) is 12.5. The number of alkyl carbamates (subject to hydrolysis) is 1. The fourth-order valence-electron chi connectivity index (χ4n) is 1.37. The Morgan fingerprint density at radius 1 is 1.21 bits per heavy atom. The van der Waals surface area contributed by atoms with Crippen molar-refractivity contribution in [3.8, 4) is 0 Å². The van der Waals surface area contributed by atoms with E-state index >= 15 is 0 Å². The van der Waals surface area contributed by atoms with Gasteiger partial charge in [0.15, 0.2) is 0 Å². The van der Waals surface area contributed by atoms with Crippen molar-refractivity contribution in [1.82, 2.24) is 5.32 Å². The van der Waals surface area contributed by atoms with Crippen LogP contribution in [0.4, 0.5) is 9.18 Å². The zero-order chi connectivity index (χ0) is 15.3. The van der Waals surface area contributed by atoms with Gasteiger partial charge in [0.1, 0.15) is 17.3 Å². The molecule has 5 nitrogen and oxygen atoms in total. The van der Waals surface area contributed by atoms with Crippen LogP contribution in [0.5, 0.6) is 0 Å². The fraction of sp³-hybridized carbons (Fsp3) is 0.846. The number of rotatable bonds is 5. The molecule has 0 heterocycles. The third-order valence-corrected chi connectivity index (χ3v) is 1.95. The van der Waals surface area contributed by atoms with Crippen molar-refractivity contribution >= 4 is 12.1 Å². The van der Waals surface area contributed by atoms with Gasteiger partial charge >= 0.3 is 12.1 Å². The van der Waals surface area contributed by atoms with E-state index in [1.165, 1.54) is 13.8 Å². The summed E-state index contributed by atoms with van der Waals surface area (Å²) in [6.45, 7) is 9.56. The Hall–Kier alpha value is -1.33. The number of carbonyl (C=O) groups excluding carboxylic acids is 2. The van der Waals surface area contributed by atoms with Crippen LogP contribution in [0.3, 0.4) is 0 Å². The maximum absolute atomic E-state index is 13.6. The summed E-state index contributed by atoms with van der Waals surface area (Å²) in [6, 6.07) is -1.06. The number of nitrogens with one attached hydrogen (secondary N) is 1. The molecule has 0 rings (SSSR count). The monoisotopic (exact) mass is 277 g/mol. The maximum Gasteiger partial charge on any atom is 0.408 e. The normalized spacial score (nSPS) is 13.6. The molecule has 1 N–H and O–H groups in total. The summed E-state index contributed by atoms with van der Waals surface area (Å²) in [5, 5.41) is 2.34. The van der Waals surface area contributed by atoms with Crippen LogP contribution in [0.25, 0.3) is 0 Å². The van der Waals surface area contributed by atoms with Gasteiger partial charge in [-0.25, -0.2) is 14.0 Å². The van der Waals surface area contributed by atoms with E-state index in [1.807, 2.05) is 0 Å². The van der Waals surface area contributed by atoms with Crippen molar-refractivity contribution in [2.45, 2.75) is 65.3 Å². The minimum atomic E-state index is -1.60. The van der Waals surface area contributed by atoms with Crippen LogP contribution < -0.4 is 5.32 Å². The smallest absolute Gasteiger partial charge is 0.408 e. The number of amides is 1. The molecule has 1 amide bonds. The molecule has 1 atom stereocenters. The van der Waals surface area contributed by atoms with Crippen LogP contribution >= 0.6 is 0 Å². The number of halogens is 1. The maximum atomic E-state index is 13.6. The summed E-state index contributed by atoms with van der Waals surface area (Å²) in [7, 11) is 0.